The van der Waals surface area contributed by atoms with E-state index in [0.29, 0.717) is 6.54 Å². The van der Waals surface area contributed by atoms with E-state index in [2.05, 4.69) is 4.94 Å². The summed E-state index contributed by atoms with van der Waals surface area (Å²) in [6, 6.07) is 0. The van der Waals surface area contributed by atoms with E-state index >= 15 is 0 Å². The second-order valence-corrected chi connectivity index (χ2v) is 2.51. The minimum absolute atomic E-state index is 0.279. The third kappa shape index (κ3) is 4.50. The average Bonchev–Trinajstić information content (AvgIpc) is 1.98. The third-order valence-electron chi connectivity index (χ3n) is 1.15. The lowest BCUT2D eigenvalue weighted by Crippen LogP contribution is -2.12. The van der Waals surface area contributed by atoms with E-state index in [1.54, 1.807) is 6.08 Å². The van der Waals surface area contributed by atoms with Crippen molar-refractivity contribution in [1.29, 1.82) is 0 Å². The van der Waals surface area contributed by atoms with Gasteiger partial charge in [-0.2, -0.15) is 0 Å². The van der Waals surface area contributed by atoms with Crippen molar-refractivity contribution < 1.29 is 14.3 Å². The molecule has 0 rings (SSSR count). The highest BCUT2D eigenvalue weighted by atomic mass is 19.3. The fourth-order valence-corrected chi connectivity index (χ4v) is 0.464. The Balaban J connectivity index is 3.90. The molecule has 3 nitrogen and oxygen atoms in total. The highest BCUT2D eigenvalue weighted by molar-refractivity contribution is 5.87. The standard InChI is InChI=1S/C7H12FNO2/c1-6(7(10)11-8)4-5-9(2)3/h4H,5H2,1-3H3/b6-4+. The average molecular weight is 161 g/mol. The molecule has 64 valence electrons. The zero-order valence-corrected chi connectivity index (χ0v) is 6.93. The Morgan fingerprint density at radius 2 is 2.18 bits per heavy atom. The van der Waals surface area contributed by atoms with E-state index in [-0.39, 0.29) is 5.57 Å². The predicted molar refractivity (Wildman–Crippen MR) is 39.5 cm³/mol. The summed E-state index contributed by atoms with van der Waals surface area (Å²) in [7, 11) is 3.70. The number of nitrogens with zero attached hydrogens (tertiary/aromatic N) is 1. The Kier molecular flexibility index (Phi) is 4.45. The van der Waals surface area contributed by atoms with Crippen LogP contribution in [0.25, 0.3) is 0 Å². The molecule has 4 heteroatoms. The van der Waals surface area contributed by atoms with E-state index in [9.17, 15) is 9.32 Å². The SMILES string of the molecule is C/C(=C\CN(C)C)C(=O)OF. The molecule has 0 radical (unpaired) electrons. The van der Waals surface area contributed by atoms with E-state index in [1.165, 1.54) is 6.92 Å². The molecule has 0 bridgehead atoms. The number of hydrogen-bond donors (Lipinski definition) is 0. The van der Waals surface area contributed by atoms with Gasteiger partial charge in [-0.1, -0.05) is 6.08 Å². The summed E-state index contributed by atoms with van der Waals surface area (Å²) in [4.78, 5) is 15.3. The van der Waals surface area contributed by atoms with E-state index in [0.717, 1.165) is 0 Å². The van der Waals surface area contributed by atoms with Crippen LogP contribution < -0.4 is 0 Å². The lowest BCUT2D eigenvalue weighted by molar-refractivity contribution is -0.178. The number of carbonyl (C=O) groups is 1. The molecule has 0 aromatic carbocycles. The van der Waals surface area contributed by atoms with Crippen LogP contribution in [0.15, 0.2) is 11.6 Å². The first-order valence-corrected chi connectivity index (χ1v) is 3.22. The van der Waals surface area contributed by atoms with Crippen LogP contribution in [0.5, 0.6) is 0 Å². The molecular weight excluding hydrogens is 149 g/mol. The van der Waals surface area contributed by atoms with Crippen molar-refractivity contribution in [1.82, 2.24) is 4.90 Å². The topological polar surface area (TPSA) is 29.5 Å². The Bertz CT molecular complexity index is 166. The van der Waals surface area contributed by atoms with Crippen molar-refractivity contribution in [2.45, 2.75) is 6.92 Å². The molecule has 0 aliphatic carbocycles. The molecular formula is C7H12FNO2. The Morgan fingerprint density at radius 3 is 2.55 bits per heavy atom. The van der Waals surface area contributed by atoms with Gasteiger partial charge in [0.05, 0.1) is 0 Å². The van der Waals surface area contributed by atoms with Crippen LogP contribution in [0.4, 0.5) is 4.53 Å². The minimum atomic E-state index is -0.924. The van der Waals surface area contributed by atoms with Gasteiger partial charge in [0.25, 0.3) is 0 Å². The molecule has 0 saturated carbocycles. The van der Waals surface area contributed by atoms with Gasteiger partial charge < -0.3 is 4.90 Å². The quantitative estimate of drug-likeness (QED) is 0.576. The van der Waals surface area contributed by atoms with E-state index in [1.807, 2.05) is 19.0 Å². The monoisotopic (exact) mass is 161 g/mol. The normalized spacial score (nSPS) is 11.9. The van der Waals surface area contributed by atoms with Gasteiger partial charge in [-0.15, -0.1) is 0 Å². The molecule has 0 heterocycles. The summed E-state index contributed by atoms with van der Waals surface area (Å²) < 4.78 is 11.3. The number of carbonyl (C=O) groups excluding carboxylic acids is 1. The first-order chi connectivity index (χ1) is 5.07. The van der Waals surface area contributed by atoms with Crippen molar-refractivity contribution >= 4 is 5.97 Å². The van der Waals surface area contributed by atoms with Crippen LogP contribution in [0.1, 0.15) is 6.92 Å². The lowest BCUT2D eigenvalue weighted by Gasteiger charge is -2.04. The van der Waals surface area contributed by atoms with Crippen LogP contribution in [0, 0.1) is 0 Å². The number of halogens is 1. The third-order valence-corrected chi connectivity index (χ3v) is 1.15. The van der Waals surface area contributed by atoms with Crippen LogP contribution in [0.2, 0.25) is 0 Å². The molecule has 0 aliphatic heterocycles. The number of hydrogen-bond acceptors (Lipinski definition) is 3. The molecule has 0 fully saturated rings. The van der Waals surface area contributed by atoms with Gasteiger partial charge in [0.2, 0.25) is 0 Å². The van der Waals surface area contributed by atoms with Crippen molar-refractivity contribution in [3.05, 3.63) is 11.6 Å². The maximum Gasteiger partial charge on any atom is 0.374 e. The summed E-state index contributed by atoms with van der Waals surface area (Å²) >= 11 is 0. The highest BCUT2D eigenvalue weighted by Gasteiger charge is 2.04. The van der Waals surface area contributed by atoms with Gasteiger partial charge >= 0.3 is 5.97 Å². The van der Waals surface area contributed by atoms with Crippen molar-refractivity contribution in [2.75, 3.05) is 20.6 Å². The largest absolute Gasteiger partial charge is 0.374 e. The number of rotatable bonds is 3. The van der Waals surface area contributed by atoms with E-state index < -0.39 is 5.97 Å². The van der Waals surface area contributed by atoms with E-state index in [4.69, 9.17) is 0 Å². The first kappa shape index (κ1) is 10.1. The van der Waals surface area contributed by atoms with Crippen LogP contribution in [-0.2, 0) is 9.74 Å². The Hall–Kier alpha value is -0.900. The molecule has 0 aliphatic rings. The van der Waals surface area contributed by atoms with Crippen molar-refractivity contribution in [3.8, 4) is 0 Å². The second-order valence-electron chi connectivity index (χ2n) is 2.51. The zero-order valence-electron chi connectivity index (χ0n) is 6.93. The van der Waals surface area contributed by atoms with Gasteiger partial charge in [-0.25, -0.2) is 9.74 Å². The van der Waals surface area contributed by atoms with Gasteiger partial charge in [0, 0.05) is 16.6 Å². The van der Waals surface area contributed by atoms with Crippen molar-refractivity contribution in [3.63, 3.8) is 0 Å². The maximum atomic E-state index is 11.3. The summed E-state index contributed by atoms with van der Waals surface area (Å²) in [5.41, 5.74) is 0.279. The highest BCUT2D eigenvalue weighted by Crippen LogP contribution is 1.96. The smallest absolute Gasteiger partial charge is 0.306 e. The van der Waals surface area contributed by atoms with Gasteiger partial charge in [-0.3, -0.25) is 0 Å². The molecule has 11 heavy (non-hydrogen) atoms. The molecule has 0 aromatic rings. The van der Waals surface area contributed by atoms with Crippen molar-refractivity contribution in [2.24, 2.45) is 0 Å². The maximum absolute atomic E-state index is 11.3. The van der Waals surface area contributed by atoms with Gasteiger partial charge in [-0.05, 0) is 21.0 Å². The van der Waals surface area contributed by atoms with Crippen LogP contribution >= 0.6 is 0 Å². The number of likely N-dealkylation sites (N-methyl/N-ethyl adjacent to an activating group) is 1. The molecule has 0 unspecified atom stereocenters. The summed E-state index contributed by atoms with van der Waals surface area (Å²) in [6.07, 6.45) is 1.60. The molecule has 0 saturated heterocycles. The summed E-state index contributed by atoms with van der Waals surface area (Å²) in [5, 5.41) is 0. The molecule has 0 N–H and O–H groups in total. The minimum Gasteiger partial charge on any atom is -0.306 e. The zero-order chi connectivity index (χ0) is 8.85. The Morgan fingerprint density at radius 1 is 1.64 bits per heavy atom. The molecule has 0 aromatic heterocycles. The predicted octanol–water partition coefficient (Wildman–Crippen LogP) is 0.922. The first-order valence-electron chi connectivity index (χ1n) is 3.22. The molecule has 0 spiro atoms. The lowest BCUT2D eigenvalue weighted by atomic mass is 10.3. The fourth-order valence-electron chi connectivity index (χ4n) is 0.464. The molecule has 0 atom stereocenters. The van der Waals surface area contributed by atoms with Crippen LogP contribution in [0.3, 0.4) is 0 Å². The van der Waals surface area contributed by atoms with Gasteiger partial charge in [0.1, 0.15) is 0 Å². The molecule has 0 amide bonds. The fraction of sp³-hybridized carbons (Fsp3) is 0.571. The van der Waals surface area contributed by atoms with Crippen LogP contribution in [-0.4, -0.2) is 31.5 Å². The summed E-state index contributed by atoms with van der Waals surface area (Å²) in [5.74, 6) is -0.924. The van der Waals surface area contributed by atoms with Gasteiger partial charge in [0.15, 0.2) is 0 Å². The summed E-state index contributed by atoms with van der Waals surface area (Å²) in [6.45, 7) is 2.10. The second kappa shape index (κ2) is 4.85. The Labute approximate surface area is 65.3 Å².